The number of Topliss-reactive ketones (excluding diaryl/α,β-unsaturated/α-hetero) is 1. The predicted octanol–water partition coefficient (Wildman–Crippen LogP) is 3.48. The molecular formula is C15H11BrO4. The molecule has 1 aromatic carbocycles. The van der Waals surface area contributed by atoms with Crippen molar-refractivity contribution in [1.29, 1.82) is 0 Å². The minimum atomic E-state index is -0.591. The standard InChI is InChI=1S/C15H11BrO4/c16-12-5-3-11(4-6-12)14(17)10-20-15(18)8-7-13-2-1-9-19-13/h1-9H,10H2/b8-7+. The van der Waals surface area contributed by atoms with E-state index in [2.05, 4.69) is 15.9 Å². The Morgan fingerprint density at radius 3 is 2.60 bits per heavy atom. The number of furan rings is 1. The summed E-state index contributed by atoms with van der Waals surface area (Å²) in [7, 11) is 0. The number of carbonyl (C=O) groups is 2. The summed E-state index contributed by atoms with van der Waals surface area (Å²) in [5.74, 6) is -0.301. The average molecular weight is 335 g/mol. The Kier molecular flexibility index (Phi) is 4.90. The van der Waals surface area contributed by atoms with Crippen molar-refractivity contribution >= 4 is 33.8 Å². The first-order valence-electron chi connectivity index (χ1n) is 5.82. The maximum absolute atomic E-state index is 11.8. The number of hydrogen-bond acceptors (Lipinski definition) is 4. The third-order valence-electron chi connectivity index (χ3n) is 2.44. The van der Waals surface area contributed by atoms with Gasteiger partial charge in [0.1, 0.15) is 5.76 Å². The molecule has 0 radical (unpaired) electrons. The lowest BCUT2D eigenvalue weighted by Crippen LogP contribution is -2.12. The summed E-state index contributed by atoms with van der Waals surface area (Å²) in [5.41, 5.74) is 0.496. The quantitative estimate of drug-likeness (QED) is 0.477. The van der Waals surface area contributed by atoms with Crippen LogP contribution in [0.4, 0.5) is 0 Å². The molecule has 0 bridgehead atoms. The molecule has 0 spiro atoms. The van der Waals surface area contributed by atoms with Crippen LogP contribution in [0, 0.1) is 0 Å². The number of hydrogen-bond donors (Lipinski definition) is 0. The molecule has 102 valence electrons. The van der Waals surface area contributed by atoms with Gasteiger partial charge in [0, 0.05) is 16.1 Å². The van der Waals surface area contributed by atoms with Crippen LogP contribution in [0.2, 0.25) is 0 Å². The van der Waals surface area contributed by atoms with Crippen molar-refractivity contribution < 1.29 is 18.7 Å². The van der Waals surface area contributed by atoms with Gasteiger partial charge in [-0.25, -0.2) is 4.79 Å². The van der Waals surface area contributed by atoms with Gasteiger partial charge in [-0.05, 0) is 30.3 Å². The van der Waals surface area contributed by atoms with Gasteiger partial charge in [-0.1, -0.05) is 28.1 Å². The number of halogens is 1. The van der Waals surface area contributed by atoms with Crippen LogP contribution in [0.3, 0.4) is 0 Å². The Morgan fingerprint density at radius 1 is 1.20 bits per heavy atom. The molecular weight excluding hydrogens is 324 g/mol. The largest absolute Gasteiger partial charge is 0.465 e. The van der Waals surface area contributed by atoms with Crippen molar-refractivity contribution in [1.82, 2.24) is 0 Å². The zero-order valence-electron chi connectivity index (χ0n) is 10.4. The van der Waals surface area contributed by atoms with Crippen LogP contribution in [0.25, 0.3) is 6.08 Å². The first kappa shape index (κ1) is 14.3. The smallest absolute Gasteiger partial charge is 0.331 e. The molecule has 0 saturated carbocycles. The zero-order valence-corrected chi connectivity index (χ0v) is 12.0. The fraction of sp³-hybridized carbons (Fsp3) is 0.0667. The highest BCUT2D eigenvalue weighted by atomic mass is 79.9. The van der Waals surface area contributed by atoms with Gasteiger partial charge < -0.3 is 9.15 Å². The fourth-order valence-corrected chi connectivity index (χ4v) is 1.70. The lowest BCUT2D eigenvalue weighted by Gasteiger charge is -2.01. The third kappa shape index (κ3) is 4.20. The summed E-state index contributed by atoms with van der Waals surface area (Å²) in [6, 6.07) is 10.3. The second-order valence-corrected chi connectivity index (χ2v) is 4.80. The third-order valence-corrected chi connectivity index (χ3v) is 2.97. The molecule has 0 atom stereocenters. The summed E-state index contributed by atoms with van der Waals surface area (Å²) >= 11 is 3.28. The summed E-state index contributed by atoms with van der Waals surface area (Å²) in [5, 5.41) is 0. The molecule has 0 fully saturated rings. The van der Waals surface area contributed by atoms with E-state index in [1.807, 2.05) is 0 Å². The summed E-state index contributed by atoms with van der Waals surface area (Å²) in [6.07, 6.45) is 4.20. The number of benzene rings is 1. The highest BCUT2D eigenvalue weighted by Gasteiger charge is 2.08. The van der Waals surface area contributed by atoms with E-state index in [1.54, 1.807) is 36.4 Å². The molecule has 4 nitrogen and oxygen atoms in total. The molecule has 0 amide bonds. The van der Waals surface area contributed by atoms with E-state index in [-0.39, 0.29) is 12.4 Å². The summed E-state index contributed by atoms with van der Waals surface area (Å²) < 4.78 is 10.8. The molecule has 0 N–H and O–H groups in total. The van der Waals surface area contributed by atoms with Crippen LogP contribution in [-0.4, -0.2) is 18.4 Å². The Hall–Kier alpha value is -2.14. The molecule has 0 unspecified atom stereocenters. The predicted molar refractivity (Wildman–Crippen MR) is 77.2 cm³/mol. The van der Waals surface area contributed by atoms with E-state index in [0.717, 1.165) is 4.47 Å². The maximum Gasteiger partial charge on any atom is 0.331 e. The Morgan fingerprint density at radius 2 is 1.95 bits per heavy atom. The average Bonchev–Trinajstić information content (AvgIpc) is 2.96. The van der Waals surface area contributed by atoms with Gasteiger partial charge in [0.25, 0.3) is 0 Å². The monoisotopic (exact) mass is 334 g/mol. The number of ketones is 1. The maximum atomic E-state index is 11.8. The normalized spacial score (nSPS) is 10.7. The number of rotatable bonds is 5. The lowest BCUT2D eigenvalue weighted by molar-refractivity contribution is -0.136. The van der Waals surface area contributed by atoms with Crippen LogP contribution in [-0.2, 0) is 9.53 Å². The van der Waals surface area contributed by atoms with Gasteiger partial charge in [0.05, 0.1) is 6.26 Å². The fourth-order valence-electron chi connectivity index (χ4n) is 1.44. The van der Waals surface area contributed by atoms with Crippen LogP contribution in [0.1, 0.15) is 16.1 Å². The highest BCUT2D eigenvalue weighted by molar-refractivity contribution is 9.10. The summed E-state index contributed by atoms with van der Waals surface area (Å²) in [4.78, 5) is 23.2. The van der Waals surface area contributed by atoms with Gasteiger partial charge in [-0.15, -0.1) is 0 Å². The van der Waals surface area contributed by atoms with Gasteiger partial charge in [0.15, 0.2) is 12.4 Å². The molecule has 0 aliphatic carbocycles. The molecule has 20 heavy (non-hydrogen) atoms. The van der Waals surface area contributed by atoms with E-state index in [4.69, 9.17) is 9.15 Å². The molecule has 0 aliphatic rings. The van der Waals surface area contributed by atoms with Gasteiger partial charge in [0.2, 0.25) is 0 Å². The molecule has 0 aliphatic heterocycles. The van der Waals surface area contributed by atoms with Gasteiger partial charge in [-0.2, -0.15) is 0 Å². The second kappa shape index (κ2) is 6.86. The van der Waals surface area contributed by atoms with E-state index in [0.29, 0.717) is 11.3 Å². The Balaban J connectivity index is 1.84. The van der Waals surface area contributed by atoms with E-state index >= 15 is 0 Å². The van der Waals surface area contributed by atoms with Crippen molar-refractivity contribution in [2.45, 2.75) is 0 Å². The van der Waals surface area contributed by atoms with Crippen LogP contribution < -0.4 is 0 Å². The topological polar surface area (TPSA) is 56.5 Å². The van der Waals surface area contributed by atoms with Crippen molar-refractivity contribution in [2.75, 3.05) is 6.61 Å². The van der Waals surface area contributed by atoms with Gasteiger partial charge >= 0.3 is 5.97 Å². The van der Waals surface area contributed by atoms with E-state index in [1.165, 1.54) is 18.4 Å². The number of esters is 1. The zero-order chi connectivity index (χ0) is 14.4. The Labute approximate surface area is 124 Å². The molecule has 5 heteroatoms. The van der Waals surface area contributed by atoms with Crippen LogP contribution in [0.15, 0.2) is 57.6 Å². The SMILES string of the molecule is O=C(/C=C/c1ccco1)OCC(=O)c1ccc(Br)cc1. The number of ether oxygens (including phenoxy) is 1. The minimum Gasteiger partial charge on any atom is -0.465 e. The molecule has 1 aromatic heterocycles. The second-order valence-electron chi connectivity index (χ2n) is 3.89. The minimum absolute atomic E-state index is 0.253. The van der Waals surface area contributed by atoms with Crippen molar-refractivity contribution in [3.63, 3.8) is 0 Å². The van der Waals surface area contributed by atoms with E-state index < -0.39 is 5.97 Å². The molecule has 0 saturated heterocycles. The summed E-state index contributed by atoms with van der Waals surface area (Å²) in [6.45, 7) is -0.289. The lowest BCUT2D eigenvalue weighted by atomic mass is 10.1. The van der Waals surface area contributed by atoms with Crippen molar-refractivity contribution in [2.24, 2.45) is 0 Å². The van der Waals surface area contributed by atoms with Crippen molar-refractivity contribution in [3.05, 3.63) is 64.5 Å². The molecule has 2 aromatic rings. The van der Waals surface area contributed by atoms with Crippen molar-refractivity contribution in [3.8, 4) is 0 Å². The highest BCUT2D eigenvalue weighted by Crippen LogP contribution is 2.11. The Bertz CT molecular complexity index is 612. The first-order valence-corrected chi connectivity index (χ1v) is 6.61. The van der Waals surface area contributed by atoms with Gasteiger partial charge in [-0.3, -0.25) is 4.79 Å². The first-order chi connectivity index (χ1) is 9.65. The van der Waals surface area contributed by atoms with Crippen LogP contribution in [0.5, 0.6) is 0 Å². The van der Waals surface area contributed by atoms with E-state index in [9.17, 15) is 9.59 Å². The molecule has 1 heterocycles. The number of carbonyl (C=O) groups excluding carboxylic acids is 2. The molecule has 2 rings (SSSR count). The van der Waals surface area contributed by atoms with Crippen LogP contribution >= 0.6 is 15.9 Å².